The smallest absolute Gasteiger partial charge is 0.258 e. The molecule has 2 rings (SSSR count). The molecule has 1 aromatic heterocycles. The highest BCUT2D eigenvalue weighted by molar-refractivity contribution is 7.98. The summed E-state index contributed by atoms with van der Waals surface area (Å²) in [5, 5.41) is 9.85. The maximum absolute atomic E-state index is 12.8. The summed E-state index contributed by atoms with van der Waals surface area (Å²) in [6, 6.07) is 0. The van der Waals surface area contributed by atoms with E-state index >= 15 is 0 Å². The Bertz CT molecular complexity index is 520. The molecule has 0 aliphatic carbocycles. The predicted octanol–water partition coefficient (Wildman–Crippen LogP) is 2.05. The van der Waals surface area contributed by atoms with Crippen LogP contribution in [0.4, 0.5) is 0 Å². The molecule has 21 heavy (non-hydrogen) atoms. The third kappa shape index (κ3) is 3.74. The van der Waals surface area contributed by atoms with Crippen LogP contribution in [0, 0.1) is 19.8 Å². The van der Waals surface area contributed by atoms with E-state index in [2.05, 4.69) is 9.97 Å². The average Bonchev–Trinajstić information content (AvgIpc) is 2.46. The molecule has 0 saturated carbocycles. The van der Waals surface area contributed by atoms with Crippen molar-refractivity contribution in [3.63, 3.8) is 0 Å². The normalized spacial score (nSPS) is 18.9. The molecule has 1 aliphatic heterocycles. The van der Waals surface area contributed by atoms with E-state index in [1.807, 2.05) is 25.0 Å². The van der Waals surface area contributed by atoms with Gasteiger partial charge in [-0.25, -0.2) is 9.97 Å². The van der Waals surface area contributed by atoms with E-state index in [1.165, 1.54) is 11.8 Å². The third-order valence-corrected chi connectivity index (χ3v) is 4.60. The molecule has 1 unspecified atom stereocenters. The second-order valence-electron chi connectivity index (χ2n) is 5.51. The first kappa shape index (κ1) is 16.2. The quantitative estimate of drug-likeness (QED) is 0.681. The summed E-state index contributed by atoms with van der Waals surface area (Å²) in [6.07, 6.45) is 4.78. The van der Waals surface area contributed by atoms with Crippen molar-refractivity contribution in [3.05, 3.63) is 17.1 Å². The second kappa shape index (κ2) is 7.22. The highest BCUT2D eigenvalue weighted by Gasteiger charge is 2.27. The van der Waals surface area contributed by atoms with Crippen LogP contribution in [0.5, 0.6) is 0 Å². The van der Waals surface area contributed by atoms with Gasteiger partial charge in [0.15, 0.2) is 0 Å². The van der Waals surface area contributed by atoms with Crippen molar-refractivity contribution in [3.8, 4) is 0 Å². The standard InChI is InChI=1S/C15H23N3O2S/c1-10-13(14(21-3)17-11(2)16-10)15(20)18-7-4-5-12(9-18)6-8-19/h12,19H,4-9H2,1-3H3. The molecule has 1 saturated heterocycles. The number of aromatic nitrogens is 2. The van der Waals surface area contributed by atoms with E-state index in [1.54, 1.807) is 0 Å². The number of hydrogen-bond acceptors (Lipinski definition) is 5. The first-order valence-electron chi connectivity index (χ1n) is 7.36. The average molecular weight is 309 g/mol. The fourth-order valence-electron chi connectivity index (χ4n) is 2.90. The molecular weight excluding hydrogens is 286 g/mol. The number of carbonyl (C=O) groups excluding carboxylic acids is 1. The van der Waals surface area contributed by atoms with Crippen LogP contribution in [0.1, 0.15) is 41.1 Å². The summed E-state index contributed by atoms with van der Waals surface area (Å²) in [5.41, 5.74) is 1.39. The Balaban J connectivity index is 2.23. The van der Waals surface area contributed by atoms with E-state index in [0.29, 0.717) is 17.3 Å². The topological polar surface area (TPSA) is 66.3 Å². The molecule has 1 aliphatic rings. The first-order chi connectivity index (χ1) is 10.1. The maximum Gasteiger partial charge on any atom is 0.258 e. The van der Waals surface area contributed by atoms with E-state index < -0.39 is 0 Å². The first-order valence-corrected chi connectivity index (χ1v) is 8.58. The number of thioether (sulfide) groups is 1. The highest BCUT2D eigenvalue weighted by atomic mass is 32.2. The summed E-state index contributed by atoms with van der Waals surface area (Å²) in [7, 11) is 0. The van der Waals surface area contributed by atoms with Crippen molar-refractivity contribution in [1.29, 1.82) is 0 Å². The van der Waals surface area contributed by atoms with E-state index in [0.717, 1.165) is 43.1 Å². The minimum absolute atomic E-state index is 0.0273. The van der Waals surface area contributed by atoms with Crippen molar-refractivity contribution < 1.29 is 9.90 Å². The number of aliphatic hydroxyl groups is 1. The molecule has 1 amide bonds. The van der Waals surface area contributed by atoms with E-state index in [-0.39, 0.29) is 12.5 Å². The van der Waals surface area contributed by atoms with Gasteiger partial charge in [-0.2, -0.15) is 0 Å². The molecule has 1 atom stereocenters. The molecule has 1 aromatic rings. The van der Waals surface area contributed by atoms with Gasteiger partial charge >= 0.3 is 0 Å². The highest BCUT2D eigenvalue weighted by Crippen LogP contribution is 2.25. The molecule has 2 heterocycles. The van der Waals surface area contributed by atoms with Gasteiger partial charge in [0.05, 0.1) is 11.3 Å². The lowest BCUT2D eigenvalue weighted by molar-refractivity contribution is 0.0648. The fourth-order valence-corrected chi connectivity index (χ4v) is 3.56. The van der Waals surface area contributed by atoms with Crippen molar-refractivity contribution >= 4 is 17.7 Å². The Kier molecular flexibility index (Phi) is 5.58. The van der Waals surface area contributed by atoms with Gasteiger partial charge in [-0.3, -0.25) is 4.79 Å². The molecule has 0 radical (unpaired) electrons. The summed E-state index contributed by atoms with van der Waals surface area (Å²) in [5.74, 6) is 1.13. The van der Waals surface area contributed by atoms with Crippen LogP contribution in [0.2, 0.25) is 0 Å². The van der Waals surface area contributed by atoms with Gasteiger partial charge in [-0.1, -0.05) is 0 Å². The van der Waals surface area contributed by atoms with Gasteiger partial charge in [0, 0.05) is 19.7 Å². The van der Waals surface area contributed by atoms with E-state index in [4.69, 9.17) is 5.11 Å². The molecular formula is C15H23N3O2S. The van der Waals surface area contributed by atoms with Gasteiger partial charge in [-0.05, 0) is 45.3 Å². The van der Waals surface area contributed by atoms with Crippen molar-refractivity contribution in [1.82, 2.24) is 14.9 Å². The van der Waals surface area contributed by atoms with Crippen LogP contribution in [-0.2, 0) is 0 Å². The van der Waals surface area contributed by atoms with Crippen molar-refractivity contribution in [2.45, 2.75) is 38.1 Å². The minimum Gasteiger partial charge on any atom is -0.396 e. The number of likely N-dealkylation sites (tertiary alicyclic amines) is 1. The molecule has 116 valence electrons. The van der Waals surface area contributed by atoms with Crippen LogP contribution in [0.15, 0.2) is 5.03 Å². The lowest BCUT2D eigenvalue weighted by Gasteiger charge is -2.33. The van der Waals surface area contributed by atoms with Crippen LogP contribution >= 0.6 is 11.8 Å². The second-order valence-corrected chi connectivity index (χ2v) is 6.31. The molecule has 5 nitrogen and oxygen atoms in total. The monoisotopic (exact) mass is 309 g/mol. The Hall–Kier alpha value is -1.14. The molecule has 0 bridgehead atoms. The number of piperidine rings is 1. The Morgan fingerprint density at radius 1 is 1.43 bits per heavy atom. The number of aryl methyl sites for hydroxylation is 2. The largest absolute Gasteiger partial charge is 0.396 e. The van der Waals surface area contributed by atoms with Crippen LogP contribution in [-0.4, -0.2) is 51.8 Å². The molecule has 1 N–H and O–H groups in total. The van der Waals surface area contributed by atoms with Gasteiger partial charge in [0.25, 0.3) is 5.91 Å². The summed E-state index contributed by atoms with van der Waals surface area (Å²) < 4.78 is 0. The van der Waals surface area contributed by atoms with Gasteiger partial charge in [-0.15, -0.1) is 11.8 Å². The summed E-state index contributed by atoms with van der Waals surface area (Å²) >= 11 is 1.49. The molecule has 6 heteroatoms. The van der Waals surface area contributed by atoms with Crippen LogP contribution in [0.25, 0.3) is 0 Å². The molecule has 0 aromatic carbocycles. The predicted molar refractivity (Wildman–Crippen MR) is 83.6 cm³/mol. The Morgan fingerprint density at radius 2 is 2.19 bits per heavy atom. The van der Waals surface area contributed by atoms with E-state index in [9.17, 15) is 4.79 Å². The SMILES string of the molecule is CSc1nc(C)nc(C)c1C(=O)N1CCCC(CCO)C1. The minimum atomic E-state index is 0.0273. The lowest BCUT2D eigenvalue weighted by atomic mass is 9.94. The zero-order valence-corrected chi connectivity index (χ0v) is 13.7. The van der Waals surface area contributed by atoms with Gasteiger partial charge < -0.3 is 10.0 Å². The van der Waals surface area contributed by atoms with Crippen molar-refractivity contribution in [2.75, 3.05) is 26.0 Å². The Morgan fingerprint density at radius 3 is 2.86 bits per heavy atom. The molecule has 1 fully saturated rings. The fraction of sp³-hybridized carbons (Fsp3) is 0.667. The zero-order valence-electron chi connectivity index (χ0n) is 12.9. The number of aliphatic hydroxyl groups excluding tert-OH is 1. The lowest BCUT2D eigenvalue weighted by Crippen LogP contribution is -2.40. The number of amides is 1. The maximum atomic E-state index is 12.8. The summed E-state index contributed by atoms with van der Waals surface area (Å²) in [6.45, 7) is 5.41. The number of carbonyl (C=O) groups is 1. The Labute approximate surface area is 130 Å². The van der Waals surface area contributed by atoms with Crippen LogP contribution in [0.3, 0.4) is 0 Å². The van der Waals surface area contributed by atoms with Crippen LogP contribution < -0.4 is 0 Å². The number of hydrogen-bond donors (Lipinski definition) is 1. The molecule has 0 spiro atoms. The third-order valence-electron chi connectivity index (χ3n) is 3.92. The summed E-state index contributed by atoms with van der Waals surface area (Å²) in [4.78, 5) is 23.5. The van der Waals surface area contributed by atoms with Gasteiger partial charge in [0.2, 0.25) is 0 Å². The van der Waals surface area contributed by atoms with Gasteiger partial charge in [0.1, 0.15) is 10.9 Å². The number of nitrogens with zero attached hydrogens (tertiary/aromatic N) is 3. The number of rotatable bonds is 4. The zero-order chi connectivity index (χ0) is 15.4. The van der Waals surface area contributed by atoms with Crippen molar-refractivity contribution in [2.24, 2.45) is 5.92 Å².